The van der Waals surface area contributed by atoms with Gasteiger partial charge < -0.3 is 14.8 Å². The molecule has 0 spiro atoms. The predicted molar refractivity (Wildman–Crippen MR) is 98.7 cm³/mol. The zero-order chi connectivity index (χ0) is 21.0. The number of carbonyl (C=O) groups excluding carboxylic acids is 1. The van der Waals surface area contributed by atoms with Crippen LogP contribution in [0.1, 0.15) is 21.7 Å². The molecule has 0 saturated carbocycles. The van der Waals surface area contributed by atoms with E-state index >= 15 is 0 Å². The number of halogens is 3. The van der Waals surface area contributed by atoms with Crippen molar-refractivity contribution in [3.63, 3.8) is 0 Å². The predicted octanol–water partition coefficient (Wildman–Crippen LogP) is 4.82. The van der Waals surface area contributed by atoms with Crippen LogP contribution in [0.4, 0.5) is 13.2 Å². The minimum Gasteiger partial charge on any atom is -0.477 e. The molecule has 0 atom stereocenters. The SMILES string of the molecule is O=C(O)/C(=C\c1ccc(-c2ccccc2C(F)(F)F)o1)NC(=O)c1ccccc1. The number of alkyl halides is 3. The smallest absolute Gasteiger partial charge is 0.417 e. The van der Waals surface area contributed by atoms with Crippen LogP contribution in [0, 0.1) is 0 Å². The first-order chi connectivity index (χ1) is 13.8. The lowest BCUT2D eigenvalue weighted by molar-refractivity contribution is -0.137. The van der Waals surface area contributed by atoms with Crippen LogP contribution in [0.2, 0.25) is 0 Å². The van der Waals surface area contributed by atoms with E-state index in [1.54, 1.807) is 18.2 Å². The van der Waals surface area contributed by atoms with Gasteiger partial charge in [-0.2, -0.15) is 13.2 Å². The topological polar surface area (TPSA) is 79.5 Å². The number of rotatable bonds is 5. The van der Waals surface area contributed by atoms with E-state index in [2.05, 4.69) is 5.32 Å². The normalized spacial score (nSPS) is 11.9. The Labute approximate surface area is 163 Å². The molecule has 8 heteroatoms. The third-order valence-electron chi connectivity index (χ3n) is 3.93. The van der Waals surface area contributed by atoms with Gasteiger partial charge in [-0.25, -0.2) is 4.79 Å². The Bertz CT molecular complexity index is 1070. The molecule has 0 radical (unpaired) electrons. The van der Waals surface area contributed by atoms with Gasteiger partial charge >= 0.3 is 12.1 Å². The highest BCUT2D eigenvalue weighted by Crippen LogP contribution is 2.37. The number of aliphatic carboxylic acids is 1. The standard InChI is InChI=1S/C21H14F3NO4/c22-21(23,24)16-9-5-4-8-15(16)18-11-10-14(29-18)12-17(20(27)28)25-19(26)13-6-2-1-3-7-13/h1-12H,(H,25,26)(H,27,28)/b17-12+. The van der Waals surface area contributed by atoms with Crippen molar-refractivity contribution in [1.82, 2.24) is 5.32 Å². The van der Waals surface area contributed by atoms with Gasteiger partial charge in [-0.05, 0) is 30.3 Å². The molecule has 3 aromatic rings. The summed E-state index contributed by atoms with van der Waals surface area (Å²) in [5, 5.41) is 11.6. The van der Waals surface area contributed by atoms with Crippen LogP contribution >= 0.6 is 0 Å². The van der Waals surface area contributed by atoms with E-state index in [0.717, 1.165) is 12.1 Å². The second-order valence-electron chi connectivity index (χ2n) is 5.93. The third-order valence-corrected chi connectivity index (χ3v) is 3.93. The van der Waals surface area contributed by atoms with Crippen LogP contribution < -0.4 is 5.32 Å². The van der Waals surface area contributed by atoms with Crippen molar-refractivity contribution in [2.75, 3.05) is 0 Å². The Balaban J connectivity index is 1.90. The number of hydrogen-bond acceptors (Lipinski definition) is 3. The summed E-state index contributed by atoms with van der Waals surface area (Å²) in [6.45, 7) is 0. The average Bonchev–Trinajstić information content (AvgIpc) is 3.16. The summed E-state index contributed by atoms with van der Waals surface area (Å²) >= 11 is 0. The fourth-order valence-electron chi connectivity index (χ4n) is 2.60. The second-order valence-corrected chi connectivity index (χ2v) is 5.93. The number of carboxylic acid groups (broad SMARTS) is 1. The van der Waals surface area contributed by atoms with E-state index in [1.165, 1.54) is 42.5 Å². The Morgan fingerprint density at radius 1 is 0.931 bits per heavy atom. The quantitative estimate of drug-likeness (QED) is 0.601. The summed E-state index contributed by atoms with van der Waals surface area (Å²) in [6, 6.07) is 15.5. The Morgan fingerprint density at radius 3 is 2.24 bits per heavy atom. The largest absolute Gasteiger partial charge is 0.477 e. The van der Waals surface area contributed by atoms with Crippen LogP contribution in [0.15, 0.2) is 76.8 Å². The van der Waals surface area contributed by atoms with E-state index in [0.29, 0.717) is 0 Å². The number of hydrogen-bond donors (Lipinski definition) is 2. The lowest BCUT2D eigenvalue weighted by Gasteiger charge is -2.10. The molecule has 3 rings (SSSR count). The molecule has 0 aliphatic rings. The van der Waals surface area contributed by atoms with Crippen LogP contribution in [0.25, 0.3) is 17.4 Å². The first kappa shape index (κ1) is 19.9. The van der Waals surface area contributed by atoms with Gasteiger partial charge in [0.1, 0.15) is 17.2 Å². The van der Waals surface area contributed by atoms with Crippen LogP contribution in [0.5, 0.6) is 0 Å². The molecule has 0 saturated heterocycles. The monoisotopic (exact) mass is 401 g/mol. The molecule has 2 N–H and O–H groups in total. The van der Waals surface area contributed by atoms with Gasteiger partial charge in [-0.15, -0.1) is 0 Å². The van der Waals surface area contributed by atoms with E-state index in [1.807, 2.05) is 0 Å². The van der Waals surface area contributed by atoms with Crippen molar-refractivity contribution in [3.05, 3.63) is 89.3 Å². The summed E-state index contributed by atoms with van der Waals surface area (Å²) in [4.78, 5) is 23.6. The van der Waals surface area contributed by atoms with Crippen molar-refractivity contribution in [2.24, 2.45) is 0 Å². The molecule has 29 heavy (non-hydrogen) atoms. The minimum atomic E-state index is -4.57. The number of nitrogens with one attached hydrogen (secondary N) is 1. The summed E-state index contributed by atoms with van der Waals surface area (Å²) in [7, 11) is 0. The molecule has 1 amide bonds. The number of furan rings is 1. The van der Waals surface area contributed by atoms with Crippen molar-refractivity contribution >= 4 is 18.0 Å². The summed E-state index contributed by atoms with van der Waals surface area (Å²) in [5.41, 5.74) is -1.28. The molecule has 0 bridgehead atoms. The summed E-state index contributed by atoms with van der Waals surface area (Å²) in [5.74, 6) is -2.18. The minimum absolute atomic E-state index is 0.0252. The third kappa shape index (κ3) is 4.73. The van der Waals surface area contributed by atoms with Gasteiger partial charge in [0.25, 0.3) is 5.91 Å². The molecule has 5 nitrogen and oxygen atoms in total. The molecule has 0 aliphatic heterocycles. The average molecular weight is 401 g/mol. The maximum absolute atomic E-state index is 13.2. The zero-order valence-electron chi connectivity index (χ0n) is 14.7. The lowest BCUT2D eigenvalue weighted by atomic mass is 10.1. The molecule has 2 aromatic carbocycles. The number of amides is 1. The van der Waals surface area contributed by atoms with Crippen molar-refractivity contribution in [1.29, 1.82) is 0 Å². The Morgan fingerprint density at radius 2 is 1.59 bits per heavy atom. The fraction of sp³-hybridized carbons (Fsp3) is 0.0476. The van der Waals surface area contributed by atoms with Gasteiger partial charge in [-0.3, -0.25) is 4.79 Å². The van der Waals surface area contributed by atoms with E-state index in [4.69, 9.17) is 4.42 Å². The Hall–Kier alpha value is -3.81. The van der Waals surface area contributed by atoms with Crippen molar-refractivity contribution in [2.45, 2.75) is 6.18 Å². The number of carboxylic acids is 1. The van der Waals surface area contributed by atoms with E-state index in [9.17, 15) is 27.9 Å². The van der Waals surface area contributed by atoms with Crippen LogP contribution in [-0.2, 0) is 11.0 Å². The molecule has 0 aliphatic carbocycles. The van der Waals surface area contributed by atoms with Gasteiger partial charge in [-0.1, -0.05) is 36.4 Å². The zero-order valence-corrected chi connectivity index (χ0v) is 14.7. The fourth-order valence-corrected chi connectivity index (χ4v) is 2.60. The van der Waals surface area contributed by atoms with E-state index < -0.39 is 29.3 Å². The van der Waals surface area contributed by atoms with Gasteiger partial charge in [0.15, 0.2) is 0 Å². The van der Waals surface area contributed by atoms with Gasteiger partial charge in [0.05, 0.1) is 5.56 Å². The van der Waals surface area contributed by atoms with Crippen molar-refractivity contribution < 1.29 is 32.3 Å². The highest BCUT2D eigenvalue weighted by atomic mass is 19.4. The van der Waals surface area contributed by atoms with Crippen molar-refractivity contribution in [3.8, 4) is 11.3 Å². The van der Waals surface area contributed by atoms with E-state index in [-0.39, 0.29) is 22.6 Å². The molecular formula is C21H14F3NO4. The maximum atomic E-state index is 13.2. The second kappa shape index (κ2) is 8.05. The van der Waals surface area contributed by atoms with Gasteiger partial charge in [0.2, 0.25) is 0 Å². The summed E-state index contributed by atoms with van der Waals surface area (Å²) in [6.07, 6.45) is -3.54. The van der Waals surface area contributed by atoms with Crippen LogP contribution in [-0.4, -0.2) is 17.0 Å². The molecule has 1 heterocycles. The highest BCUT2D eigenvalue weighted by molar-refractivity contribution is 6.02. The molecule has 1 aromatic heterocycles. The lowest BCUT2D eigenvalue weighted by Crippen LogP contribution is -2.27. The first-order valence-corrected chi connectivity index (χ1v) is 8.33. The highest BCUT2D eigenvalue weighted by Gasteiger charge is 2.34. The molecular weight excluding hydrogens is 387 g/mol. The maximum Gasteiger partial charge on any atom is 0.417 e. The molecule has 0 unspecified atom stereocenters. The number of carbonyl (C=O) groups is 2. The first-order valence-electron chi connectivity index (χ1n) is 8.33. The summed E-state index contributed by atoms with van der Waals surface area (Å²) < 4.78 is 44.9. The Kier molecular flexibility index (Phi) is 5.54. The molecule has 148 valence electrons. The van der Waals surface area contributed by atoms with Crippen LogP contribution in [0.3, 0.4) is 0 Å². The molecule has 0 fully saturated rings. The number of benzene rings is 2. The van der Waals surface area contributed by atoms with Gasteiger partial charge in [0, 0.05) is 17.2 Å².